The van der Waals surface area contributed by atoms with Crippen molar-refractivity contribution in [3.8, 4) is 22.9 Å². The second-order valence-electron chi connectivity index (χ2n) is 6.74. The number of carbonyl (C=O) groups excluding carboxylic acids is 2. The van der Waals surface area contributed by atoms with Crippen LogP contribution in [0.2, 0.25) is 0 Å². The topological polar surface area (TPSA) is 70.4 Å². The van der Waals surface area contributed by atoms with E-state index in [1.807, 2.05) is 48.5 Å². The van der Waals surface area contributed by atoms with Gasteiger partial charge < -0.3 is 9.64 Å². The number of esters is 1. The summed E-state index contributed by atoms with van der Waals surface area (Å²) < 4.78 is 5.43. The Morgan fingerprint density at radius 3 is 2.37 bits per heavy atom. The summed E-state index contributed by atoms with van der Waals surface area (Å²) >= 11 is 1.52. The van der Waals surface area contributed by atoms with Crippen LogP contribution in [-0.4, -0.2) is 24.2 Å². The molecular formula is C24H18N2O3S. The highest BCUT2D eigenvalue weighted by Gasteiger charge is 2.24. The molecule has 1 heterocycles. The lowest BCUT2D eigenvalue weighted by Crippen LogP contribution is -2.37. The Hall–Kier alpha value is -3.56. The van der Waals surface area contributed by atoms with Crippen LogP contribution >= 0.6 is 11.8 Å². The Morgan fingerprint density at radius 1 is 1.00 bits per heavy atom. The van der Waals surface area contributed by atoms with Crippen LogP contribution in [0, 0.1) is 11.3 Å². The van der Waals surface area contributed by atoms with Gasteiger partial charge in [-0.3, -0.25) is 9.59 Å². The first-order chi connectivity index (χ1) is 14.6. The summed E-state index contributed by atoms with van der Waals surface area (Å²) in [6, 6.07) is 24.3. The van der Waals surface area contributed by atoms with E-state index >= 15 is 0 Å². The summed E-state index contributed by atoms with van der Waals surface area (Å²) in [6.07, 6.45) is 0.113. The molecule has 0 aliphatic carbocycles. The van der Waals surface area contributed by atoms with Crippen molar-refractivity contribution >= 4 is 29.3 Å². The van der Waals surface area contributed by atoms with Gasteiger partial charge in [-0.2, -0.15) is 5.26 Å². The van der Waals surface area contributed by atoms with E-state index < -0.39 is 0 Å². The molecule has 0 radical (unpaired) electrons. The van der Waals surface area contributed by atoms with Crippen molar-refractivity contribution < 1.29 is 14.3 Å². The first-order valence-corrected chi connectivity index (χ1v) is 10.5. The van der Waals surface area contributed by atoms with E-state index in [1.165, 1.54) is 11.8 Å². The summed E-state index contributed by atoms with van der Waals surface area (Å²) in [5, 5.41) is 8.89. The zero-order chi connectivity index (χ0) is 20.9. The largest absolute Gasteiger partial charge is 0.426 e. The molecule has 0 bridgehead atoms. The predicted octanol–water partition coefficient (Wildman–Crippen LogP) is 4.66. The lowest BCUT2D eigenvalue weighted by molar-refractivity contribution is -0.134. The van der Waals surface area contributed by atoms with Crippen LogP contribution < -0.4 is 9.64 Å². The number of anilines is 1. The fraction of sp³-hybridized carbons (Fsp3) is 0.125. The molecular weight excluding hydrogens is 396 g/mol. The fourth-order valence-corrected chi connectivity index (χ4v) is 4.17. The van der Waals surface area contributed by atoms with Crippen LogP contribution in [0.5, 0.6) is 5.75 Å². The van der Waals surface area contributed by atoms with E-state index in [9.17, 15) is 9.59 Å². The van der Waals surface area contributed by atoms with Crippen LogP contribution in [0.25, 0.3) is 11.1 Å². The standard InChI is InChI=1S/C24H18N2O3S/c25-15-17-5-7-18(8-6-17)19-9-11-20(12-10-19)29-24(28)13-14-26-21-3-1-2-4-22(21)30-16-23(26)27/h1-12H,13-14,16H2. The van der Waals surface area contributed by atoms with Gasteiger partial charge in [0.25, 0.3) is 0 Å². The monoisotopic (exact) mass is 414 g/mol. The molecule has 3 aromatic rings. The van der Waals surface area contributed by atoms with E-state index in [0.29, 0.717) is 23.6 Å². The molecule has 0 saturated heterocycles. The highest BCUT2D eigenvalue weighted by atomic mass is 32.2. The number of hydrogen-bond donors (Lipinski definition) is 0. The molecule has 0 atom stereocenters. The van der Waals surface area contributed by atoms with Crippen LogP contribution in [0.3, 0.4) is 0 Å². The number of hydrogen-bond acceptors (Lipinski definition) is 5. The Bertz CT molecular complexity index is 1120. The molecule has 3 aromatic carbocycles. The highest BCUT2D eigenvalue weighted by molar-refractivity contribution is 8.00. The molecule has 0 unspecified atom stereocenters. The number of para-hydroxylation sites is 1. The molecule has 0 N–H and O–H groups in total. The summed E-state index contributed by atoms with van der Waals surface area (Å²) in [7, 11) is 0. The van der Waals surface area contributed by atoms with E-state index in [0.717, 1.165) is 21.7 Å². The molecule has 0 saturated carbocycles. The molecule has 148 valence electrons. The molecule has 1 aliphatic heterocycles. The van der Waals surface area contributed by atoms with Crippen molar-refractivity contribution in [2.45, 2.75) is 11.3 Å². The van der Waals surface area contributed by atoms with Crippen molar-refractivity contribution in [1.29, 1.82) is 5.26 Å². The first-order valence-electron chi connectivity index (χ1n) is 9.47. The van der Waals surface area contributed by atoms with Gasteiger partial charge in [0.15, 0.2) is 0 Å². The minimum absolute atomic E-state index is 0.00160. The molecule has 1 amide bonds. The molecule has 30 heavy (non-hydrogen) atoms. The first kappa shape index (κ1) is 19.7. The minimum atomic E-state index is -0.385. The number of benzene rings is 3. The van der Waals surface area contributed by atoms with Crippen LogP contribution in [0.1, 0.15) is 12.0 Å². The van der Waals surface area contributed by atoms with Gasteiger partial charge in [0.2, 0.25) is 5.91 Å². The molecule has 0 fully saturated rings. The number of ether oxygens (including phenoxy) is 1. The summed E-state index contributed by atoms with van der Waals surface area (Å²) in [4.78, 5) is 27.3. The third-order valence-electron chi connectivity index (χ3n) is 4.78. The molecule has 6 heteroatoms. The van der Waals surface area contributed by atoms with E-state index in [2.05, 4.69) is 6.07 Å². The lowest BCUT2D eigenvalue weighted by atomic mass is 10.0. The number of rotatable bonds is 5. The zero-order valence-corrected chi connectivity index (χ0v) is 16.9. The number of thioether (sulfide) groups is 1. The lowest BCUT2D eigenvalue weighted by Gasteiger charge is -2.28. The molecule has 0 spiro atoms. The Labute approximate surface area is 178 Å². The van der Waals surface area contributed by atoms with Crippen molar-refractivity contribution in [1.82, 2.24) is 0 Å². The van der Waals surface area contributed by atoms with Crippen LogP contribution in [0.4, 0.5) is 5.69 Å². The average molecular weight is 414 g/mol. The van der Waals surface area contributed by atoms with Crippen LogP contribution in [-0.2, 0) is 9.59 Å². The van der Waals surface area contributed by atoms with Gasteiger partial charge >= 0.3 is 5.97 Å². The maximum atomic E-state index is 12.3. The Morgan fingerprint density at radius 2 is 1.67 bits per heavy atom. The quantitative estimate of drug-likeness (QED) is 0.449. The van der Waals surface area contributed by atoms with Crippen LogP contribution in [0.15, 0.2) is 77.7 Å². The van der Waals surface area contributed by atoms with Gasteiger partial charge in [0, 0.05) is 11.4 Å². The number of fused-ring (bicyclic) bond motifs is 1. The van der Waals surface area contributed by atoms with Crippen molar-refractivity contribution in [3.63, 3.8) is 0 Å². The molecule has 5 nitrogen and oxygen atoms in total. The molecule has 0 aromatic heterocycles. The SMILES string of the molecule is N#Cc1ccc(-c2ccc(OC(=O)CCN3C(=O)CSc4ccccc43)cc2)cc1. The van der Waals surface area contributed by atoms with Gasteiger partial charge in [0.05, 0.1) is 29.5 Å². The Balaban J connectivity index is 1.36. The minimum Gasteiger partial charge on any atom is -0.426 e. The highest BCUT2D eigenvalue weighted by Crippen LogP contribution is 2.35. The van der Waals surface area contributed by atoms with Crippen molar-refractivity contribution in [2.75, 3.05) is 17.2 Å². The number of amides is 1. The third-order valence-corrected chi connectivity index (χ3v) is 5.83. The summed E-state index contributed by atoms with van der Waals surface area (Å²) in [6.45, 7) is 0.290. The number of nitriles is 1. The van der Waals surface area contributed by atoms with Crippen molar-refractivity contribution in [3.05, 3.63) is 78.4 Å². The maximum absolute atomic E-state index is 12.3. The van der Waals surface area contributed by atoms with Gasteiger partial charge in [-0.15, -0.1) is 11.8 Å². The predicted molar refractivity (Wildman–Crippen MR) is 116 cm³/mol. The van der Waals surface area contributed by atoms with E-state index in [4.69, 9.17) is 10.00 Å². The molecule has 1 aliphatic rings. The van der Waals surface area contributed by atoms with Crippen molar-refractivity contribution in [2.24, 2.45) is 0 Å². The number of nitrogens with zero attached hydrogens (tertiary/aromatic N) is 2. The normalized spacial score (nSPS) is 12.8. The second-order valence-corrected chi connectivity index (χ2v) is 7.76. The van der Waals surface area contributed by atoms with Gasteiger partial charge in [-0.1, -0.05) is 36.4 Å². The average Bonchev–Trinajstić information content (AvgIpc) is 2.79. The fourth-order valence-electron chi connectivity index (χ4n) is 3.24. The van der Waals surface area contributed by atoms with E-state index in [-0.39, 0.29) is 18.3 Å². The molecule has 4 rings (SSSR count). The second kappa shape index (κ2) is 8.85. The maximum Gasteiger partial charge on any atom is 0.312 e. The summed E-state index contributed by atoms with van der Waals surface area (Å²) in [5.74, 6) is 0.448. The van der Waals surface area contributed by atoms with Gasteiger partial charge in [0.1, 0.15) is 5.75 Å². The zero-order valence-electron chi connectivity index (χ0n) is 16.1. The number of carbonyl (C=O) groups is 2. The smallest absolute Gasteiger partial charge is 0.312 e. The van der Waals surface area contributed by atoms with Gasteiger partial charge in [-0.25, -0.2) is 0 Å². The van der Waals surface area contributed by atoms with E-state index in [1.54, 1.807) is 29.2 Å². The Kier molecular flexibility index (Phi) is 5.82. The third kappa shape index (κ3) is 4.37. The van der Waals surface area contributed by atoms with Gasteiger partial charge in [-0.05, 0) is 47.5 Å². The summed E-state index contributed by atoms with van der Waals surface area (Å²) in [5.41, 5.74) is 3.40.